The Hall–Kier alpha value is -0.260. The smallest absolute Gasteiger partial charge is 0.251 e. The van der Waals surface area contributed by atoms with Gasteiger partial charge in [-0.15, -0.1) is 0 Å². The third kappa shape index (κ3) is 4.31. The highest BCUT2D eigenvalue weighted by atomic mass is 32.2. The molecule has 1 atom stereocenters. The molecule has 4 nitrogen and oxygen atoms in total. The summed E-state index contributed by atoms with van der Waals surface area (Å²) in [6.45, 7) is 6.04. The van der Waals surface area contributed by atoms with Crippen LogP contribution in [0.1, 0.15) is 13.3 Å². The van der Waals surface area contributed by atoms with E-state index < -0.39 is 6.10 Å². The molecule has 1 aliphatic rings. The SMILES string of the molecule is CSCCCN1CCN(C(=O)C(C)O)CC1. The van der Waals surface area contributed by atoms with Crippen LogP contribution in [0.2, 0.25) is 0 Å². The van der Waals surface area contributed by atoms with Crippen molar-refractivity contribution in [2.45, 2.75) is 19.4 Å². The van der Waals surface area contributed by atoms with Gasteiger partial charge in [0.15, 0.2) is 0 Å². The van der Waals surface area contributed by atoms with Crippen LogP contribution in [-0.4, -0.2) is 71.6 Å². The van der Waals surface area contributed by atoms with E-state index in [9.17, 15) is 9.90 Å². The molecule has 94 valence electrons. The Balaban J connectivity index is 2.20. The van der Waals surface area contributed by atoms with Crippen molar-refractivity contribution >= 4 is 17.7 Å². The fraction of sp³-hybridized carbons (Fsp3) is 0.909. The van der Waals surface area contributed by atoms with E-state index in [1.54, 1.807) is 4.90 Å². The molecule has 1 rings (SSSR count). The van der Waals surface area contributed by atoms with E-state index in [2.05, 4.69) is 11.2 Å². The lowest BCUT2D eigenvalue weighted by Gasteiger charge is -2.35. The number of aliphatic hydroxyl groups excluding tert-OH is 1. The zero-order valence-electron chi connectivity index (χ0n) is 10.2. The molecule has 16 heavy (non-hydrogen) atoms. The molecule has 1 saturated heterocycles. The summed E-state index contributed by atoms with van der Waals surface area (Å²) in [6.07, 6.45) is 2.48. The van der Waals surface area contributed by atoms with Gasteiger partial charge in [-0.25, -0.2) is 0 Å². The maximum absolute atomic E-state index is 11.5. The molecular weight excluding hydrogens is 224 g/mol. The van der Waals surface area contributed by atoms with E-state index in [4.69, 9.17) is 0 Å². The molecule has 0 aliphatic carbocycles. The first kappa shape index (κ1) is 13.8. The lowest BCUT2D eigenvalue weighted by molar-refractivity contribution is -0.141. The number of amides is 1. The summed E-state index contributed by atoms with van der Waals surface area (Å²) in [5.41, 5.74) is 0. The molecule has 0 aromatic rings. The van der Waals surface area contributed by atoms with Crippen LogP contribution in [0.3, 0.4) is 0 Å². The molecule has 1 amide bonds. The van der Waals surface area contributed by atoms with Crippen molar-refractivity contribution in [3.05, 3.63) is 0 Å². The van der Waals surface area contributed by atoms with Crippen LogP contribution in [0, 0.1) is 0 Å². The van der Waals surface area contributed by atoms with E-state index in [1.807, 2.05) is 11.8 Å². The van der Waals surface area contributed by atoms with E-state index in [0.29, 0.717) is 0 Å². The molecule has 0 aromatic heterocycles. The Morgan fingerprint density at radius 3 is 2.50 bits per heavy atom. The summed E-state index contributed by atoms with van der Waals surface area (Å²) in [6, 6.07) is 0. The van der Waals surface area contributed by atoms with Gasteiger partial charge in [0, 0.05) is 26.2 Å². The topological polar surface area (TPSA) is 43.8 Å². The van der Waals surface area contributed by atoms with Gasteiger partial charge in [0.2, 0.25) is 0 Å². The number of carbonyl (C=O) groups is 1. The van der Waals surface area contributed by atoms with Gasteiger partial charge >= 0.3 is 0 Å². The zero-order valence-corrected chi connectivity index (χ0v) is 11.0. The maximum atomic E-state index is 11.5. The predicted molar refractivity (Wildman–Crippen MR) is 67.7 cm³/mol. The lowest BCUT2D eigenvalue weighted by Crippen LogP contribution is -2.51. The number of piperazine rings is 1. The second-order valence-electron chi connectivity index (χ2n) is 4.19. The highest BCUT2D eigenvalue weighted by Gasteiger charge is 2.23. The number of nitrogens with zero attached hydrogens (tertiary/aromatic N) is 2. The van der Waals surface area contributed by atoms with Crippen molar-refractivity contribution in [3.63, 3.8) is 0 Å². The number of carbonyl (C=O) groups excluding carboxylic acids is 1. The number of aliphatic hydroxyl groups is 1. The van der Waals surface area contributed by atoms with Gasteiger partial charge in [-0.3, -0.25) is 9.69 Å². The molecule has 0 saturated carbocycles. The van der Waals surface area contributed by atoms with Crippen molar-refractivity contribution in [1.82, 2.24) is 9.80 Å². The summed E-state index contributed by atoms with van der Waals surface area (Å²) < 4.78 is 0. The van der Waals surface area contributed by atoms with Crippen molar-refractivity contribution in [1.29, 1.82) is 0 Å². The number of rotatable bonds is 5. The van der Waals surface area contributed by atoms with Crippen LogP contribution >= 0.6 is 11.8 Å². The lowest BCUT2D eigenvalue weighted by atomic mass is 10.2. The first-order chi connectivity index (χ1) is 7.65. The fourth-order valence-corrected chi connectivity index (χ4v) is 2.31. The maximum Gasteiger partial charge on any atom is 0.251 e. The van der Waals surface area contributed by atoms with Crippen LogP contribution in [-0.2, 0) is 4.79 Å². The van der Waals surface area contributed by atoms with Crippen LogP contribution in [0.4, 0.5) is 0 Å². The van der Waals surface area contributed by atoms with Crippen molar-refractivity contribution in [2.75, 3.05) is 44.7 Å². The average Bonchev–Trinajstić information content (AvgIpc) is 2.29. The van der Waals surface area contributed by atoms with Crippen molar-refractivity contribution < 1.29 is 9.90 Å². The fourth-order valence-electron chi connectivity index (χ4n) is 1.89. The molecule has 1 fully saturated rings. The minimum absolute atomic E-state index is 0.135. The molecule has 0 bridgehead atoms. The minimum Gasteiger partial charge on any atom is -0.384 e. The van der Waals surface area contributed by atoms with Gasteiger partial charge in [0.25, 0.3) is 5.91 Å². The average molecular weight is 246 g/mol. The second-order valence-corrected chi connectivity index (χ2v) is 5.17. The Morgan fingerprint density at radius 1 is 1.38 bits per heavy atom. The number of hydrogen-bond donors (Lipinski definition) is 1. The Bertz CT molecular complexity index is 216. The molecule has 1 heterocycles. The predicted octanol–water partition coefficient (Wildman–Crippen LogP) is 0.265. The van der Waals surface area contributed by atoms with Gasteiger partial charge < -0.3 is 10.0 Å². The van der Waals surface area contributed by atoms with Crippen molar-refractivity contribution in [2.24, 2.45) is 0 Å². The number of hydrogen-bond acceptors (Lipinski definition) is 4. The van der Waals surface area contributed by atoms with E-state index in [-0.39, 0.29) is 5.91 Å². The highest BCUT2D eigenvalue weighted by molar-refractivity contribution is 7.98. The van der Waals surface area contributed by atoms with Crippen LogP contribution in [0.5, 0.6) is 0 Å². The largest absolute Gasteiger partial charge is 0.384 e. The first-order valence-corrected chi connectivity index (χ1v) is 7.22. The Kier molecular flexibility index (Phi) is 6.16. The van der Waals surface area contributed by atoms with Crippen LogP contribution in [0.25, 0.3) is 0 Å². The Morgan fingerprint density at radius 2 is 2.00 bits per heavy atom. The zero-order chi connectivity index (χ0) is 12.0. The van der Waals surface area contributed by atoms with E-state index in [0.717, 1.165) is 32.7 Å². The van der Waals surface area contributed by atoms with Gasteiger partial charge in [0.05, 0.1) is 0 Å². The van der Waals surface area contributed by atoms with E-state index in [1.165, 1.54) is 19.1 Å². The van der Waals surface area contributed by atoms with Gasteiger partial charge in [-0.1, -0.05) is 0 Å². The summed E-state index contributed by atoms with van der Waals surface area (Å²) in [5, 5.41) is 9.20. The number of thioether (sulfide) groups is 1. The highest BCUT2D eigenvalue weighted by Crippen LogP contribution is 2.06. The molecule has 0 radical (unpaired) electrons. The third-order valence-electron chi connectivity index (χ3n) is 2.86. The summed E-state index contributed by atoms with van der Waals surface area (Å²) in [4.78, 5) is 15.7. The van der Waals surface area contributed by atoms with Crippen LogP contribution < -0.4 is 0 Å². The second kappa shape index (κ2) is 7.14. The Labute approximate surface area is 102 Å². The standard InChI is InChI=1S/C11H22N2O2S/c1-10(14)11(15)13-7-5-12(6-8-13)4-3-9-16-2/h10,14H,3-9H2,1-2H3. The van der Waals surface area contributed by atoms with Crippen molar-refractivity contribution in [3.8, 4) is 0 Å². The van der Waals surface area contributed by atoms with Gasteiger partial charge in [-0.05, 0) is 31.9 Å². The monoisotopic (exact) mass is 246 g/mol. The molecule has 0 spiro atoms. The van der Waals surface area contributed by atoms with E-state index >= 15 is 0 Å². The normalized spacial score (nSPS) is 19.8. The first-order valence-electron chi connectivity index (χ1n) is 5.83. The van der Waals surface area contributed by atoms with Gasteiger partial charge in [0.1, 0.15) is 6.10 Å². The summed E-state index contributed by atoms with van der Waals surface area (Å²) in [7, 11) is 0. The molecule has 1 aliphatic heterocycles. The molecular formula is C11H22N2O2S. The molecule has 1 unspecified atom stereocenters. The molecule has 1 N–H and O–H groups in total. The summed E-state index contributed by atoms with van der Waals surface area (Å²) >= 11 is 1.88. The quantitative estimate of drug-likeness (QED) is 0.707. The van der Waals surface area contributed by atoms with Crippen LogP contribution in [0.15, 0.2) is 0 Å². The third-order valence-corrected chi connectivity index (χ3v) is 3.56. The molecule has 5 heteroatoms. The van der Waals surface area contributed by atoms with Gasteiger partial charge in [-0.2, -0.15) is 11.8 Å². The minimum atomic E-state index is -0.858. The summed E-state index contributed by atoms with van der Waals surface area (Å²) in [5.74, 6) is 1.07. The molecule has 0 aromatic carbocycles.